The van der Waals surface area contributed by atoms with Crippen LogP contribution < -0.4 is 22.9 Å². The Bertz CT molecular complexity index is 512. The summed E-state index contributed by atoms with van der Waals surface area (Å²) in [5, 5.41) is 8.02. The van der Waals surface area contributed by atoms with E-state index in [1.54, 1.807) is 36.4 Å². The third-order valence-corrected chi connectivity index (χ3v) is 2.45. The van der Waals surface area contributed by atoms with Crippen molar-refractivity contribution in [2.75, 3.05) is 22.9 Å². The minimum absolute atomic E-state index is 0.417. The number of hydrogen-bond acceptors (Lipinski definition) is 6. The molecule has 6 nitrogen and oxygen atoms in total. The predicted octanol–water partition coefficient (Wildman–Crippen LogP) is 2.43. The monoisotopic (exact) mass is 242 g/mol. The molecule has 0 bridgehead atoms. The average Bonchev–Trinajstić information content (AvgIpc) is 2.31. The molecule has 8 N–H and O–H groups in total. The molecule has 0 aliphatic carbocycles. The van der Waals surface area contributed by atoms with E-state index in [9.17, 15) is 0 Å². The van der Waals surface area contributed by atoms with Crippen molar-refractivity contribution in [3.8, 4) is 0 Å². The molecule has 6 heteroatoms. The van der Waals surface area contributed by atoms with Gasteiger partial charge in [-0.15, -0.1) is 10.2 Å². The minimum Gasteiger partial charge on any atom is -0.397 e. The molecular weight excluding hydrogens is 228 g/mol. The van der Waals surface area contributed by atoms with Gasteiger partial charge in [0.2, 0.25) is 0 Å². The van der Waals surface area contributed by atoms with Gasteiger partial charge in [-0.05, 0) is 24.3 Å². The summed E-state index contributed by atoms with van der Waals surface area (Å²) >= 11 is 0. The number of nitrogens with zero attached hydrogens (tertiary/aromatic N) is 2. The second kappa shape index (κ2) is 4.62. The first-order valence-electron chi connectivity index (χ1n) is 5.29. The van der Waals surface area contributed by atoms with Gasteiger partial charge in [0.1, 0.15) is 11.4 Å². The average molecular weight is 242 g/mol. The van der Waals surface area contributed by atoms with E-state index < -0.39 is 0 Å². The molecule has 0 unspecified atom stereocenters. The molecule has 0 aliphatic heterocycles. The van der Waals surface area contributed by atoms with E-state index in [1.165, 1.54) is 0 Å². The van der Waals surface area contributed by atoms with E-state index >= 15 is 0 Å². The highest BCUT2D eigenvalue weighted by atomic mass is 15.1. The van der Waals surface area contributed by atoms with Gasteiger partial charge in [-0.25, -0.2) is 0 Å². The highest BCUT2D eigenvalue weighted by molar-refractivity contribution is 5.78. The van der Waals surface area contributed by atoms with Gasteiger partial charge < -0.3 is 22.9 Å². The summed E-state index contributed by atoms with van der Waals surface area (Å²) < 4.78 is 0. The maximum Gasteiger partial charge on any atom is 0.131 e. The van der Waals surface area contributed by atoms with Gasteiger partial charge in [-0.2, -0.15) is 0 Å². The second-order valence-corrected chi connectivity index (χ2v) is 3.77. The third kappa shape index (κ3) is 2.17. The van der Waals surface area contributed by atoms with E-state index in [0.717, 1.165) is 0 Å². The van der Waals surface area contributed by atoms with Crippen LogP contribution in [-0.4, -0.2) is 0 Å². The Kier molecular flexibility index (Phi) is 3.01. The van der Waals surface area contributed by atoms with E-state index in [2.05, 4.69) is 10.2 Å². The fourth-order valence-corrected chi connectivity index (χ4v) is 1.49. The standard InChI is InChI=1S/C12H14N6/c13-7-3-1-4-8(14)11(7)17-18-12-9(15)5-2-6-10(12)16/h1-6H,13-16H2. The molecule has 92 valence electrons. The summed E-state index contributed by atoms with van der Waals surface area (Å²) in [6.45, 7) is 0. The number of hydrogen-bond donors (Lipinski definition) is 4. The van der Waals surface area contributed by atoms with Crippen LogP contribution in [0.5, 0.6) is 0 Å². The lowest BCUT2D eigenvalue weighted by atomic mass is 10.2. The van der Waals surface area contributed by atoms with Crippen molar-refractivity contribution in [1.82, 2.24) is 0 Å². The SMILES string of the molecule is Nc1cccc(N)c1N=Nc1c(N)cccc1N. The summed E-state index contributed by atoms with van der Waals surface area (Å²) in [5.41, 5.74) is 25.7. The Morgan fingerprint density at radius 2 is 0.833 bits per heavy atom. The van der Waals surface area contributed by atoms with E-state index in [-0.39, 0.29) is 0 Å². The largest absolute Gasteiger partial charge is 0.397 e. The van der Waals surface area contributed by atoms with Gasteiger partial charge in [0.15, 0.2) is 0 Å². The van der Waals surface area contributed by atoms with Gasteiger partial charge in [-0.1, -0.05) is 12.1 Å². The first-order chi connectivity index (χ1) is 8.59. The molecule has 0 spiro atoms. The molecule has 0 radical (unpaired) electrons. The molecule has 0 saturated carbocycles. The molecule has 2 aromatic rings. The van der Waals surface area contributed by atoms with Crippen LogP contribution in [0.4, 0.5) is 34.1 Å². The zero-order valence-electron chi connectivity index (χ0n) is 9.67. The molecule has 0 aliphatic rings. The lowest BCUT2D eigenvalue weighted by Crippen LogP contribution is -1.92. The van der Waals surface area contributed by atoms with E-state index in [4.69, 9.17) is 22.9 Å². The van der Waals surface area contributed by atoms with Crippen LogP contribution in [0, 0.1) is 0 Å². The van der Waals surface area contributed by atoms with E-state index in [1.807, 2.05) is 0 Å². The van der Waals surface area contributed by atoms with Crippen LogP contribution in [0.3, 0.4) is 0 Å². The van der Waals surface area contributed by atoms with Crippen molar-refractivity contribution in [3.63, 3.8) is 0 Å². The molecule has 0 fully saturated rings. The molecular formula is C12H14N6. The number of nitrogen functional groups attached to an aromatic ring is 4. The van der Waals surface area contributed by atoms with Crippen molar-refractivity contribution < 1.29 is 0 Å². The Hall–Kier alpha value is -2.76. The van der Waals surface area contributed by atoms with Gasteiger partial charge >= 0.3 is 0 Å². The quantitative estimate of drug-likeness (QED) is 0.476. The summed E-state index contributed by atoms with van der Waals surface area (Å²) in [6.07, 6.45) is 0. The van der Waals surface area contributed by atoms with Crippen molar-refractivity contribution in [2.24, 2.45) is 10.2 Å². The number of azo groups is 1. The molecule has 0 aromatic heterocycles. The smallest absolute Gasteiger partial charge is 0.131 e. The Labute approximate surface area is 104 Å². The molecule has 2 aromatic carbocycles. The van der Waals surface area contributed by atoms with Crippen LogP contribution in [0.25, 0.3) is 0 Å². The summed E-state index contributed by atoms with van der Waals surface area (Å²) in [4.78, 5) is 0. The van der Waals surface area contributed by atoms with Gasteiger partial charge in [0.05, 0.1) is 22.7 Å². The molecule has 2 rings (SSSR count). The number of nitrogens with two attached hydrogens (primary N) is 4. The third-order valence-electron chi connectivity index (χ3n) is 2.45. The molecule has 18 heavy (non-hydrogen) atoms. The second-order valence-electron chi connectivity index (χ2n) is 3.77. The molecule has 0 amide bonds. The maximum absolute atomic E-state index is 5.77. The number of anilines is 4. The van der Waals surface area contributed by atoms with Crippen molar-refractivity contribution >= 4 is 34.1 Å². The first kappa shape index (κ1) is 11.7. The molecule has 0 atom stereocenters. The van der Waals surface area contributed by atoms with Crippen LogP contribution >= 0.6 is 0 Å². The lowest BCUT2D eigenvalue weighted by Gasteiger charge is -2.04. The molecule has 0 saturated heterocycles. The normalized spacial score (nSPS) is 10.9. The summed E-state index contributed by atoms with van der Waals surface area (Å²) in [6, 6.07) is 10.3. The van der Waals surface area contributed by atoms with Gasteiger partial charge in [-0.3, -0.25) is 0 Å². The first-order valence-corrected chi connectivity index (χ1v) is 5.29. The highest BCUT2D eigenvalue weighted by Gasteiger charge is 2.04. The summed E-state index contributed by atoms with van der Waals surface area (Å²) in [7, 11) is 0. The number of rotatable bonds is 2. The predicted molar refractivity (Wildman–Crippen MR) is 74.7 cm³/mol. The van der Waals surface area contributed by atoms with Crippen LogP contribution in [0.1, 0.15) is 0 Å². The van der Waals surface area contributed by atoms with Gasteiger partial charge in [0.25, 0.3) is 0 Å². The lowest BCUT2D eigenvalue weighted by molar-refractivity contribution is 1.24. The van der Waals surface area contributed by atoms with Crippen molar-refractivity contribution in [2.45, 2.75) is 0 Å². The highest BCUT2D eigenvalue weighted by Crippen LogP contribution is 2.34. The molecule has 0 heterocycles. The van der Waals surface area contributed by atoms with E-state index in [0.29, 0.717) is 34.1 Å². The Balaban J connectivity index is 2.43. The van der Waals surface area contributed by atoms with Crippen LogP contribution in [-0.2, 0) is 0 Å². The fraction of sp³-hybridized carbons (Fsp3) is 0. The van der Waals surface area contributed by atoms with Crippen molar-refractivity contribution in [3.05, 3.63) is 36.4 Å². The Morgan fingerprint density at radius 3 is 1.11 bits per heavy atom. The maximum atomic E-state index is 5.77. The van der Waals surface area contributed by atoms with Gasteiger partial charge in [0, 0.05) is 0 Å². The van der Waals surface area contributed by atoms with Crippen molar-refractivity contribution in [1.29, 1.82) is 0 Å². The fourth-order valence-electron chi connectivity index (χ4n) is 1.49. The summed E-state index contributed by atoms with van der Waals surface area (Å²) in [5.74, 6) is 0. The zero-order chi connectivity index (χ0) is 13.1. The minimum atomic E-state index is 0.417. The zero-order valence-corrected chi connectivity index (χ0v) is 9.67. The van der Waals surface area contributed by atoms with Crippen LogP contribution in [0.15, 0.2) is 46.6 Å². The Morgan fingerprint density at radius 1 is 0.556 bits per heavy atom. The van der Waals surface area contributed by atoms with Crippen LogP contribution in [0.2, 0.25) is 0 Å². The topological polar surface area (TPSA) is 129 Å². The number of benzene rings is 2.